The average molecular weight is 310 g/mol. The molecule has 0 heterocycles. The molecular weight excluding hydrogens is 280 g/mol. The topological polar surface area (TPSA) is 74.6 Å². The molecule has 0 unspecified atom stereocenters. The summed E-state index contributed by atoms with van der Waals surface area (Å²) in [4.78, 5) is 22.9. The summed E-state index contributed by atoms with van der Waals surface area (Å²) in [7, 11) is 0. The minimum Gasteiger partial charge on any atom is -0.481 e. The van der Waals surface area contributed by atoms with Crippen molar-refractivity contribution in [2.24, 2.45) is 10.8 Å². The maximum absolute atomic E-state index is 11.5. The molecule has 22 heavy (non-hydrogen) atoms. The van der Waals surface area contributed by atoms with Crippen LogP contribution >= 0.6 is 0 Å². The molecule has 0 aromatic heterocycles. The molecule has 0 bridgehead atoms. The van der Waals surface area contributed by atoms with E-state index in [0.29, 0.717) is 0 Å². The Balaban J connectivity index is 1.65. The van der Waals surface area contributed by atoms with E-state index < -0.39 is 22.8 Å². The Kier molecular flexibility index (Phi) is 5.87. The van der Waals surface area contributed by atoms with Crippen LogP contribution in [0, 0.1) is 10.8 Å². The number of aliphatic carboxylic acids is 2. The van der Waals surface area contributed by atoms with Gasteiger partial charge in [0.2, 0.25) is 0 Å². The molecule has 0 amide bonds. The number of carboxylic acids is 2. The van der Waals surface area contributed by atoms with Crippen molar-refractivity contribution in [1.82, 2.24) is 0 Å². The van der Waals surface area contributed by atoms with Crippen LogP contribution < -0.4 is 0 Å². The van der Waals surface area contributed by atoms with Gasteiger partial charge in [0.05, 0.1) is 10.8 Å². The first-order chi connectivity index (χ1) is 10.5. The van der Waals surface area contributed by atoms with Crippen molar-refractivity contribution >= 4 is 11.9 Å². The van der Waals surface area contributed by atoms with E-state index in [0.717, 1.165) is 89.9 Å². The molecule has 4 nitrogen and oxygen atoms in total. The van der Waals surface area contributed by atoms with E-state index in [1.807, 2.05) is 0 Å². The van der Waals surface area contributed by atoms with Crippen molar-refractivity contribution in [3.05, 3.63) is 0 Å². The Hall–Kier alpha value is -1.06. The molecule has 0 saturated heterocycles. The van der Waals surface area contributed by atoms with E-state index in [2.05, 4.69) is 0 Å². The van der Waals surface area contributed by atoms with Gasteiger partial charge < -0.3 is 10.2 Å². The second kappa shape index (κ2) is 7.47. The summed E-state index contributed by atoms with van der Waals surface area (Å²) in [6, 6.07) is 0. The molecular formula is C18H30O4. The second-order valence-corrected chi connectivity index (χ2v) is 7.50. The van der Waals surface area contributed by atoms with Crippen molar-refractivity contribution in [3.63, 3.8) is 0 Å². The van der Waals surface area contributed by atoms with E-state index in [4.69, 9.17) is 0 Å². The highest BCUT2D eigenvalue weighted by atomic mass is 16.4. The number of hydrogen-bond donors (Lipinski definition) is 2. The van der Waals surface area contributed by atoms with Crippen LogP contribution in [0.25, 0.3) is 0 Å². The largest absolute Gasteiger partial charge is 0.481 e. The molecule has 126 valence electrons. The average Bonchev–Trinajstić information content (AvgIpc) is 3.13. The van der Waals surface area contributed by atoms with Crippen LogP contribution in [0.2, 0.25) is 0 Å². The summed E-state index contributed by atoms with van der Waals surface area (Å²) in [5.41, 5.74) is -0.901. The van der Waals surface area contributed by atoms with Gasteiger partial charge in [-0.25, -0.2) is 0 Å². The van der Waals surface area contributed by atoms with Gasteiger partial charge >= 0.3 is 11.9 Å². The minimum atomic E-state index is -0.610. The first kappa shape index (κ1) is 17.3. The number of rotatable bonds is 9. The smallest absolute Gasteiger partial charge is 0.309 e. The fourth-order valence-corrected chi connectivity index (χ4v) is 4.53. The standard InChI is InChI=1S/C18H30O4/c19-15(20)17(11-5-6-12-17)9-3-1-2-4-10-18(16(21)22)13-7-8-14-18/h1-14H2,(H,19,20)(H,21,22). The van der Waals surface area contributed by atoms with Gasteiger partial charge in [0.15, 0.2) is 0 Å². The molecule has 2 rings (SSSR count). The lowest BCUT2D eigenvalue weighted by Crippen LogP contribution is -2.28. The van der Waals surface area contributed by atoms with Crippen molar-refractivity contribution < 1.29 is 19.8 Å². The molecule has 0 spiro atoms. The Morgan fingerprint density at radius 3 is 1.23 bits per heavy atom. The van der Waals surface area contributed by atoms with Gasteiger partial charge in [-0.2, -0.15) is 0 Å². The summed E-state index contributed by atoms with van der Waals surface area (Å²) in [5, 5.41) is 18.9. The van der Waals surface area contributed by atoms with Crippen LogP contribution in [-0.2, 0) is 9.59 Å². The molecule has 0 aromatic carbocycles. The maximum atomic E-state index is 11.5. The second-order valence-electron chi connectivity index (χ2n) is 7.50. The SMILES string of the molecule is O=C(O)C1(CCCCCCC2(C(=O)O)CCCC2)CCCC1. The fourth-order valence-electron chi connectivity index (χ4n) is 4.53. The molecule has 4 heteroatoms. The molecule has 2 aliphatic rings. The third-order valence-corrected chi connectivity index (χ3v) is 6.09. The summed E-state index contributed by atoms with van der Waals surface area (Å²) >= 11 is 0. The van der Waals surface area contributed by atoms with E-state index in [-0.39, 0.29) is 0 Å². The third kappa shape index (κ3) is 3.82. The molecule has 0 aromatic rings. The van der Waals surface area contributed by atoms with Gasteiger partial charge in [-0.15, -0.1) is 0 Å². The predicted octanol–water partition coefficient (Wildman–Crippen LogP) is 4.62. The van der Waals surface area contributed by atoms with E-state index >= 15 is 0 Å². The zero-order valence-corrected chi connectivity index (χ0v) is 13.6. The van der Waals surface area contributed by atoms with Gasteiger partial charge in [-0.1, -0.05) is 51.4 Å². The highest BCUT2D eigenvalue weighted by molar-refractivity contribution is 5.75. The Bertz CT molecular complexity index is 352. The van der Waals surface area contributed by atoms with Crippen molar-refractivity contribution in [1.29, 1.82) is 0 Å². The summed E-state index contributed by atoms with van der Waals surface area (Å²) < 4.78 is 0. The van der Waals surface area contributed by atoms with E-state index in [9.17, 15) is 19.8 Å². The van der Waals surface area contributed by atoms with Crippen LogP contribution in [0.5, 0.6) is 0 Å². The molecule has 0 aliphatic heterocycles. The van der Waals surface area contributed by atoms with Crippen LogP contribution in [0.1, 0.15) is 89.9 Å². The lowest BCUT2D eigenvalue weighted by molar-refractivity contribution is -0.150. The lowest BCUT2D eigenvalue weighted by Gasteiger charge is -2.24. The normalized spacial score (nSPS) is 22.7. The quantitative estimate of drug-likeness (QED) is 0.609. The minimum absolute atomic E-state index is 0.451. The van der Waals surface area contributed by atoms with Crippen LogP contribution in [0.4, 0.5) is 0 Å². The highest BCUT2D eigenvalue weighted by Gasteiger charge is 2.41. The number of carbonyl (C=O) groups is 2. The molecule has 2 saturated carbocycles. The first-order valence-corrected chi connectivity index (χ1v) is 8.98. The molecule has 2 aliphatic carbocycles. The van der Waals surface area contributed by atoms with Gasteiger partial charge in [0.25, 0.3) is 0 Å². The maximum Gasteiger partial charge on any atom is 0.309 e. The van der Waals surface area contributed by atoms with Gasteiger partial charge in [0, 0.05) is 0 Å². The Labute approximate surface area is 133 Å². The van der Waals surface area contributed by atoms with Crippen molar-refractivity contribution in [3.8, 4) is 0 Å². The highest BCUT2D eigenvalue weighted by Crippen LogP contribution is 2.44. The van der Waals surface area contributed by atoms with Crippen molar-refractivity contribution in [2.75, 3.05) is 0 Å². The van der Waals surface area contributed by atoms with E-state index in [1.54, 1.807) is 0 Å². The van der Waals surface area contributed by atoms with Crippen molar-refractivity contribution in [2.45, 2.75) is 89.9 Å². The fraction of sp³-hybridized carbons (Fsp3) is 0.889. The molecule has 2 fully saturated rings. The summed E-state index contributed by atoms with van der Waals surface area (Å²) in [5.74, 6) is -1.22. The lowest BCUT2D eigenvalue weighted by atomic mass is 9.79. The third-order valence-electron chi connectivity index (χ3n) is 6.09. The molecule has 0 radical (unpaired) electrons. The number of hydrogen-bond acceptors (Lipinski definition) is 2. The van der Waals surface area contributed by atoms with Gasteiger partial charge in [-0.3, -0.25) is 9.59 Å². The van der Waals surface area contributed by atoms with Crippen LogP contribution in [0.15, 0.2) is 0 Å². The molecule has 2 N–H and O–H groups in total. The zero-order chi connectivity index (χ0) is 16.1. The van der Waals surface area contributed by atoms with Gasteiger partial charge in [0.1, 0.15) is 0 Å². The Morgan fingerprint density at radius 1 is 0.636 bits per heavy atom. The summed E-state index contributed by atoms with van der Waals surface area (Å²) in [6.45, 7) is 0. The van der Waals surface area contributed by atoms with Crippen LogP contribution in [-0.4, -0.2) is 22.2 Å². The van der Waals surface area contributed by atoms with Crippen LogP contribution in [0.3, 0.4) is 0 Å². The van der Waals surface area contributed by atoms with E-state index in [1.165, 1.54) is 0 Å². The monoisotopic (exact) mass is 310 g/mol. The first-order valence-electron chi connectivity index (χ1n) is 8.98. The summed E-state index contributed by atoms with van der Waals surface area (Å²) in [6.07, 6.45) is 13.1. The number of carboxylic acid groups (broad SMARTS) is 2. The zero-order valence-electron chi connectivity index (χ0n) is 13.6. The molecule has 0 atom stereocenters. The van der Waals surface area contributed by atoms with Gasteiger partial charge in [-0.05, 0) is 38.5 Å². The number of unbranched alkanes of at least 4 members (excludes halogenated alkanes) is 3. The Morgan fingerprint density at radius 2 is 0.955 bits per heavy atom. The predicted molar refractivity (Wildman–Crippen MR) is 84.8 cm³/mol.